The number of benzene rings is 3. The Morgan fingerprint density at radius 1 is 0.590 bits per heavy atom. The summed E-state index contributed by atoms with van der Waals surface area (Å²) in [5.74, 6) is 3.35. The van der Waals surface area contributed by atoms with E-state index in [0.717, 1.165) is 11.1 Å². The second kappa shape index (κ2) is 13.7. The summed E-state index contributed by atoms with van der Waals surface area (Å²) in [6.45, 7) is 0. The van der Waals surface area contributed by atoms with Gasteiger partial charge in [0.05, 0.1) is 49.8 Å². The first kappa shape index (κ1) is 28.8. The van der Waals surface area contributed by atoms with Gasteiger partial charge >= 0.3 is 0 Å². The molecule has 0 aliphatic carbocycles. The van der Waals surface area contributed by atoms with Crippen molar-refractivity contribution in [3.8, 4) is 40.2 Å². The highest BCUT2D eigenvalue weighted by atomic mass is 16.5. The van der Waals surface area contributed by atoms with Gasteiger partial charge in [0.25, 0.3) is 0 Å². The van der Waals surface area contributed by atoms with Crippen LogP contribution in [0.25, 0.3) is 18.2 Å². The van der Waals surface area contributed by atoms with Crippen LogP contribution < -0.4 is 38.5 Å². The molecular formula is C30H33NO8. The molecule has 3 rings (SSSR count). The minimum Gasteiger partial charge on any atom is -0.497 e. The van der Waals surface area contributed by atoms with E-state index in [1.807, 2.05) is 30.4 Å². The highest BCUT2D eigenvalue weighted by molar-refractivity contribution is 6.03. The predicted molar refractivity (Wildman–Crippen MR) is 152 cm³/mol. The van der Waals surface area contributed by atoms with Crippen molar-refractivity contribution >= 4 is 29.8 Å². The van der Waals surface area contributed by atoms with Gasteiger partial charge in [0, 0.05) is 17.3 Å². The Hall–Kier alpha value is -4.79. The van der Waals surface area contributed by atoms with Crippen molar-refractivity contribution in [3.63, 3.8) is 0 Å². The molecule has 1 N–H and O–H groups in total. The molecule has 1 amide bonds. The Morgan fingerprint density at radius 3 is 1.51 bits per heavy atom. The van der Waals surface area contributed by atoms with E-state index in [2.05, 4.69) is 5.32 Å². The number of nitrogens with one attached hydrogen (secondary N) is 1. The largest absolute Gasteiger partial charge is 0.497 e. The van der Waals surface area contributed by atoms with Crippen LogP contribution in [0.3, 0.4) is 0 Å². The van der Waals surface area contributed by atoms with Crippen molar-refractivity contribution in [1.29, 1.82) is 0 Å². The summed E-state index contributed by atoms with van der Waals surface area (Å²) >= 11 is 0. The van der Waals surface area contributed by atoms with E-state index in [1.165, 1.54) is 27.4 Å². The van der Waals surface area contributed by atoms with Crippen LogP contribution in [0.15, 0.2) is 48.5 Å². The summed E-state index contributed by atoms with van der Waals surface area (Å²) in [6.07, 6.45) is 6.83. The normalized spacial score (nSPS) is 10.8. The molecule has 0 heterocycles. The first-order valence-corrected chi connectivity index (χ1v) is 11.9. The summed E-state index contributed by atoms with van der Waals surface area (Å²) in [5.41, 5.74) is 2.85. The number of carbonyl (C=O) groups excluding carboxylic acids is 1. The van der Waals surface area contributed by atoms with Gasteiger partial charge in [-0.1, -0.05) is 12.2 Å². The fourth-order valence-electron chi connectivity index (χ4n) is 3.85. The molecule has 3 aromatic rings. The SMILES string of the molecule is COc1ccc(NC(=O)/C=C/c2cc(OC)c(OC)c(OC)c2)c(/C=C/c2cc(OC)c(OC)c(OC)c2)c1. The second-order valence-corrected chi connectivity index (χ2v) is 8.03. The van der Waals surface area contributed by atoms with Crippen LogP contribution in [0.5, 0.6) is 40.2 Å². The lowest BCUT2D eigenvalue weighted by Gasteiger charge is -2.13. The molecule has 3 aromatic carbocycles. The molecule has 9 heteroatoms. The third kappa shape index (κ3) is 6.95. The van der Waals surface area contributed by atoms with Crippen LogP contribution >= 0.6 is 0 Å². The molecule has 0 unspecified atom stereocenters. The number of hydrogen-bond donors (Lipinski definition) is 1. The fraction of sp³-hybridized carbons (Fsp3) is 0.233. The Balaban J connectivity index is 1.88. The van der Waals surface area contributed by atoms with E-state index < -0.39 is 0 Å². The van der Waals surface area contributed by atoms with Crippen LogP contribution in [0.4, 0.5) is 5.69 Å². The van der Waals surface area contributed by atoms with Crippen molar-refractivity contribution in [2.75, 3.05) is 55.1 Å². The smallest absolute Gasteiger partial charge is 0.248 e. The number of ether oxygens (including phenoxy) is 7. The Kier molecular flexibility index (Phi) is 10.1. The second-order valence-electron chi connectivity index (χ2n) is 8.03. The molecule has 0 radical (unpaired) electrons. The molecule has 0 aromatic heterocycles. The molecule has 0 saturated carbocycles. The molecule has 9 nitrogen and oxygen atoms in total. The van der Waals surface area contributed by atoms with Crippen LogP contribution in [0.2, 0.25) is 0 Å². The molecule has 0 bridgehead atoms. The van der Waals surface area contributed by atoms with Crippen molar-refractivity contribution < 1.29 is 38.0 Å². The van der Waals surface area contributed by atoms with E-state index >= 15 is 0 Å². The molecule has 0 aliphatic rings. The van der Waals surface area contributed by atoms with E-state index in [4.69, 9.17) is 33.2 Å². The number of carbonyl (C=O) groups is 1. The zero-order valence-electron chi connectivity index (χ0n) is 23.1. The van der Waals surface area contributed by atoms with Crippen molar-refractivity contribution in [2.45, 2.75) is 0 Å². The first-order valence-electron chi connectivity index (χ1n) is 11.9. The molecule has 0 saturated heterocycles. The summed E-state index contributed by atoms with van der Waals surface area (Å²) in [6, 6.07) is 12.5. The highest BCUT2D eigenvalue weighted by Crippen LogP contribution is 2.39. The molecule has 0 spiro atoms. The number of hydrogen-bond acceptors (Lipinski definition) is 8. The van der Waals surface area contributed by atoms with Gasteiger partial charge in [-0.25, -0.2) is 0 Å². The van der Waals surface area contributed by atoms with Gasteiger partial charge in [-0.05, 0) is 59.7 Å². The minimum absolute atomic E-state index is 0.323. The Bertz CT molecular complexity index is 1310. The van der Waals surface area contributed by atoms with Gasteiger partial charge in [0.1, 0.15) is 5.75 Å². The molecule has 0 fully saturated rings. The number of amides is 1. The molecule has 206 valence electrons. The van der Waals surface area contributed by atoms with Gasteiger partial charge in [0.15, 0.2) is 23.0 Å². The molecule has 0 aliphatic heterocycles. The maximum absolute atomic E-state index is 12.8. The maximum atomic E-state index is 12.8. The lowest BCUT2D eigenvalue weighted by atomic mass is 10.1. The highest BCUT2D eigenvalue weighted by Gasteiger charge is 2.14. The third-order valence-corrected chi connectivity index (χ3v) is 5.77. The summed E-state index contributed by atoms with van der Waals surface area (Å²) in [4.78, 5) is 12.8. The lowest BCUT2D eigenvalue weighted by Crippen LogP contribution is -2.09. The average molecular weight is 536 g/mol. The van der Waals surface area contributed by atoms with Crippen molar-refractivity contribution in [2.24, 2.45) is 0 Å². The summed E-state index contributed by atoms with van der Waals surface area (Å²) in [5, 5.41) is 2.92. The van der Waals surface area contributed by atoms with Gasteiger partial charge in [0.2, 0.25) is 17.4 Å². The van der Waals surface area contributed by atoms with E-state index in [0.29, 0.717) is 51.5 Å². The van der Waals surface area contributed by atoms with Gasteiger partial charge in [-0.15, -0.1) is 0 Å². The third-order valence-electron chi connectivity index (χ3n) is 5.77. The van der Waals surface area contributed by atoms with Crippen LogP contribution in [0.1, 0.15) is 16.7 Å². The van der Waals surface area contributed by atoms with Crippen LogP contribution in [-0.4, -0.2) is 55.7 Å². The molecule has 39 heavy (non-hydrogen) atoms. The van der Waals surface area contributed by atoms with Crippen molar-refractivity contribution in [3.05, 3.63) is 65.2 Å². The van der Waals surface area contributed by atoms with Gasteiger partial charge < -0.3 is 38.5 Å². The summed E-state index contributed by atoms with van der Waals surface area (Å²) in [7, 11) is 10.9. The average Bonchev–Trinajstić information content (AvgIpc) is 2.97. The molecular weight excluding hydrogens is 502 g/mol. The number of anilines is 1. The van der Waals surface area contributed by atoms with Crippen molar-refractivity contribution in [1.82, 2.24) is 0 Å². The minimum atomic E-state index is -0.323. The standard InChI is InChI=1S/C30H33NO8/c1-33-22-11-12-23(21(18-22)10-8-19-14-24(34-2)29(38-6)25(15-19)35-3)31-28(32)13-9-20-16-26(36-4)30(39-7)27(17-20)37-5/h8-18H,1-7H3,(H,31,32)/b10-8+,13-9+. The predicted octanol–water partition coefficient (Wildman–Crippen LogP) is 5.57. The van der Waals surface area contributed by atoms with Gasteiger partial charge in [-0.3, -0.25) is 4.79 Å². The number of methoxy groups -OCH3 is 7. The monoisotopic (exact) mass is 535 g/mol. The summed E-state index contributed by atoms with van der Waals surface area (Å²) < 4.78 is 37.8. The van der Waals surface area contributed by atoms with Crippen LogP contribution in [0, 0.1) is 0 Å². The topological polar surface area (TPSA) is 93.7 Å². The maximum Gasteiger partial charge on any atom is 0.248 e. The first-order chi connectivity index (χ1) is 18.9. The molecule has 0 atom stereocenters. The van der Waals surface area contributed by atoms with Crippen LogP contribution in [-0.2, 0) is 4.79 Å². The van der Waals surface area contributed by atoms with Gasteiger partial charge in [-0.2, -0.15) is 0 Å². The number of rotatable bonds is 12. The Morgan fingerprint density at radius 2 is 1.08 bits per heavy atom. The van der Waals surface area contributed by atoms with E-state index in [9.17, 15) is 4.79 Å². The zero-order chi connectivity index (χ0) is 28.4. The fourth-order valence-corrected chi connectivity index (χ4v) is 3.85. The lowest BCUT2D eigenvalue weighted by molar-refractivity contribution is -0.111. The van der Waals surface area contributed by atoms with E-state index in [1.54, 1.807) is 58.8 Å². The van der Waals surface area contributed by atoms with E-state index in [-0.39, 0.29) is 5.91 Å². The zero-order valence-corrected chi connectivity index (χ0v) is 23.1. The quantitative estimate of drug-likeness (QED) is 0.238. The Labute approximate surface area is 228 Å².